The largest absolute Gasteiger partial charge is 0.409 e. The number of hydrogen-bond donors (Lipinski definition) is 1. The quantitative estimate of drug-likeness (QED) is 0.492. The average molecular weight is 178 g/mol. The first-order valence-electron chi connectivity index (χ1n) is 0.569. The van der Waals surface area contributed by atoms with Crippen molar-refractivity contribution in [2.75, 3.05) is 0 Å². The summed E-state index contributed by atoms with van der Waals surface area (Å²) in [5.74, 6) is 0. The second-order valence-electron chi connectivity index (χ2n) is 0.260. The van der Waals surface area contributed by atoms with Crippen LogP contribution in [0.15, 0.2) is 0 Å². The average Bonchev–Trinajstić information content (AvgIpc) is 0.811. The Bertz CT molecular complexity index is 58.0. The van der Waals surface area contributed by atoms with E-state index in [0.29, 0.717) is 0 Å². The molecule has 0 rings (SSSR count). The molecule has 0 aliphatic heterocycles. The van der Waals surface area contributed by atoms with Crippen molar-refractivity contribution >= 4 is 10.9 Å². The van der Waals surface area contributed by atoms with Crippen molar-refractivity contribution in [3.8, 4) is 0 Å². The fourth-order valence-electron chi connectivity index (χ4n) is 0. The summed E-state index contributed by atoms with van der Waals surface area (Å²) < 4.78 is 17.6. The third kappa shape index (κ3) is 95.5. The first-order chi connectivity index (χ1) is 1.73. The molecule has 5 heavy (non-hydrogen) atoms. The molecule has 0 aliphatic rings. The Morgan fingerprint density at radius 1 is 1.40 bits per heavy atom. The second-order valence-corrected chi connectivity index (χ2v) is 0.781. The Labute approximate surface area is 45.0 Å². The summed E-state index contributed by atoms with van der Waals surface area (Å²) in [6, 6.07) is 0. The van der Waals surface area contributed by atoms with E-state index in [0.717, 1.165) is 0 Å². The smallest absolute Gasteiger partial charge is 0 e. The van der Waals surface area contributed by atoms with E-state index in [1.807, 2.05) is 0 Å². The molecule has 0 aromatic rings. The van der Waals surface area contributed by atoms with E-state index < -0.39 is 10.9 Å². The van der Waals surface area contributed by atoms with Gasteiger partial charge in [-0.2, -0.15) is 0 Å². The molecule has 0 bridgehead atoms. The van der Waals surface area contributed by atoms with Gasteiger partial charge in [0.2, 0.25) is 0 Å². The summed E-state index contributed by atoms with van der Waals surface area (Å²) in [4.78, 5) is 0. The SMILES string of the molecule is N[S-](=O)=O.[Tc]. The van der Waals surface area contributed by atoms with Gasteiger partial charge in [-0.05, 0) is 10.9 Å². The van der Waals surface area contributed by atoms with Crippen LogP contribution in [0.1, 0.15) is 0 Å². The van der Waals surface area contributed by atoms with Gasteiger partial charge in [0.05, 0.1) is 0 Å². The minimum atomic E-state index is -2.36. The molecule has 33 valence electrons. The molecule has 0 spiro atoms. The van der Waals surface area contributed by atoms with Gasteiger partial charge in [-0.1, -0.05) is 0 Å². The molecule has 0 aromatic heterocycles. The Kier molecular flexibility index (Phi) is 8.32. The molecule has 0 unspecified atom stereocenters. The molecular formula is H2NO2STc-. The molecule has 1 radical (unpaired) electrons. The number of rotatable bonds is 0. The number of nitrogens with two attached hydrogens (primary N) is 1. The van der Waals surface area contributed by atoms with E-state index in [4.69, 9.17) is 8.42 Å². The Morgan fingerprint density at radius 3 is 1.40 bits per heavy atom. The molecule has 3 nitrogen and oxygen atoms in total. The monoisotopic (exact) mass is 177 g/mol. The summed E-state index contributed by atoms with van der Waals surface area (Å²) >= 11 is 0. The van der Waals surface area contributed by atoms with Gasteiger partial charge in [0.1, 0.15) is 0 Å². The van der Waals surface area contributed by atoms with Crippen LogP contribution in [-0.2, 0) is 39.4 Å². The molecule has 0 aromatic carbocycles. The van der Waals surface area contributed by atoms with Gasteiger partial charge < -0.3 is 13.6 Å². The maximum Gasteiger partial charge on any atom is 0 e. The van der Waals surface area contributed by atoms with Crippen molar-refractivity contribution in [3.05, 3.63) is 0 Å². The Morgan fingerprint density at radius 2 is 1.40 bits per heavy atom. The van der Waals surface area contributed by atoms with Crippen LogP contribution < -0.4 is 5.14 Å². The van der Waals surface area contributed by atoms with E-state index >= 15 is 0 Å². The molecule has 0 atom stereocenters. The van der Waals surface area contributed by atoms with Crippen LogP contribution in [0.2, 0.25) is 0 Å². The molecular weight excluding hydrogens is 176 g/mol. The van der Waals surface area contributed by atoms with Crippen LogP contribution in [0.5, 0.6) is 0 Å². The molecule has 0 aliphatic carbocycles. The van der Waals surface area contributed by atoms with Crippen LogP contribution in [0, 0.1) is 0 Å². The van der Waals surface area contributed by atoms with Crippen molar-refractivity contribution < 1.29 is 28.5 Å². The number of hydrogen-bond acceptors (Lipinski definition) is 3. The van der Waals surface area contributed by atoms with Crippen LogP contribution in [0.25, 0.3) is 0 Å². The normalized spacial score (nSPS) is 6.80. The molecule has 0 fully saturated rings. The maximum atomic E-state index is 8.78. The van der Waals surface area contributed by atoms with Gasteiger partial charge in [0, 0.05) is 20.1 Å². The standard InChI is InChI=1S/H2NO2S.Tc/c1-4(2)3;/h(H2,1,2,3);/q-1;. The van der Waals surface area contributed by atoms with Crippen LogP contribution in [0.4, 0.5) is 0 Å². The molecule has 0 amide bonds. The molecule has 0 saturated carbocycles. The van der Waals surface area contributed by atoms with Gasteiger partial charge in [0.25, 0.3) is 0 Å². The molecule has 0 saturated heterocycles. The Hall–Kier alpha value is 0.559. The first kappa shape index (κ1) is 9.12. The Balaban J connectivity index is 0. The summed E-state index contributed by atoms with van der Waals surface area (Å²) in [6.07, 6.45) is 0. The van der Waals surface area contributed by atoms with Crippen molar-refractivity contribution in [2.24, 2.45) is 5.14 Å². The molecule has 5 heteroatoms. The van der Waals surface area contributed by atoms with Crippen molar-refractivity contribution in [2.45, 2.75) is 0 Å². The van der Waals surface area contributed by atoms with Crippen molar-refractivity contribution in [3.63, 3.8) is 0 Å². The fourth-order valence-corrected chi connectivity index (χ4v) is 0. The third-order valence-electron chi connectivity index (χ3n) is 0. The second kappa shape index (κ2) is 4.56. The summed E-state index contributed by atoms with van der Waals surface area (Å²) in [5, 5.41) is 4.03. The molecule has 2 N–H and O–H groups in total. The predicted octanol–water partition coefficient (Wildman–Crippen LogP) is -0.833. The minimum absolute atomic E-state index is 0. The zero-order valence-corrected chi connectivity index (χ0v) is 4.85. The van der Waals surface area contributed by atoms with Gasteiger partial charge in [-0.15, -0.1) is 0 Å². The van der Waals surface area contributed by atoms with Crippen LogP contribution in [-0.4, -0.2) is 0 Å². The van der Waals surface area contributed by atoms with Crippen molar-refractivity contribution in [1.29, 1.82) is 0 Å². The van der Waals surface area contributed by atoms with E-state index in [9.17, 15) is 0 Å². The first-order valence-corrected chi connectivity index (χ1v) is 1.71. The van der Waals surface area contributed by atoms with Gasteiger partial charge in [-0.25, -0.2) is 0 Å². The van der Waals surface area contributed by atoms with Crippen molar-refractivity contribution in [1.82, 2.24) is 0 Å². The fraction of sp³-hybridized carbons (Fsp3) is 0. The van der Waals surface area contributed by atoms with Crippen LogP contribution >= 0.6 is 0 Å². The molecule has 0 heterocycles. The topological polar surface area (TPSA) is 60.2 Å². The maximum absolute atomic E-state index is 8.78. The van der Waals surface area contributed by atoms with E-state index in [2.05, 4.69) is 5.14 Å². The minimum Gasteiger partial charge on any atom is -0.409 e. The van der Waals surface area contributed by atoms with E-state index in [-0.39, 0.29) is 20.1 Å². The summed E-state index contributed by atoms with van der Waals surface area (Å²) in [7, 11) is -2.36. The zero-order chi connectivity index (χ0) is 3.58. The summed E-state index contributed by atoms with van der Waals surface area (Å²) in [5.41, 5.74) is 0. The van der Waals surface area contributed by atoms with E-state index in [1.165, 1.54) is 0 Å². The van der Waals surface area contributed by atoms with E-state index in [1.54, 1.807) is 0 Å². The summed E-state index contributed by atoms with van der Waals surface area (Å²) in [6.45, 7) is 0. The van der Waals surface area contributed by atoms with Gasteiger partial charge >= 0.3 is 0 Å². The van der Waals surface area contributed by atoms with Gasteiger partial charge in [0.15, 0.2) is 0 Å². The van der Waals surface area contributed by atoms with Crippen LogP contribution in [0.3, 0.4) is 0 Å². The third-order valence-corrected chi connectivity index (χ3v) is 0. The zero-order valence-electron chi connectivity index (χ0n) is 2.18. The van der Waals surface area contributed by atoms with Gasteiger partial charge in [-0.3, -0.25) is 0 Å². The predicted molar refractivity (Wildman–Crippen MR) is 12.9 cm³/mol.